The molecule has 1 N–H and O–H groups in total. The summed E-state index contributed by atoms with van der Waals surface area (Å²) >= 11 is 3.30. The molecule has 8 nitrogen and oxygen atoms in total. The molecule has 1 aromatic carbocycles. The molecule has 0 spiro atoms. The Morgan fingerprint density at radius 3 is 2.76 bits per heavy atom. The molecule has 0 amide bonds. The van der Waals surface area contributed by atoms with Crippen LogP contribution in [0, 0.1) is 10.1 Å². The molecule has 2 rings (SSSR count). The van der Waals surface area contributed by atoms with Gasteiger partial charge in [0.15, 0.2) is 0 Å². The molecule has 0 aliphatic heterocycles. The summed E-state index contributed by atoms with van der Waals surface area (Å²) in [4.78, 5) is 34.9. The minimum atomic E-state index is -1.03. The quantitative estimate of drug-likeness (QED) is 0.656. The zero-order valence-corrected chi connectivity index (χ0v) is 12.4. The van der Waals surface area contributed by atoms with Crippen LogP contribution in [0.1, 0.15) is 5.56 Å². The van der Waals surface area contributed by atoms with Gasteiger partial charge in [0, 0.05) is 10.0 Å². The van der Waals surface area contributed by atoms with Crippen LogP contribution < -0.4 is 16.0 Å². The number of halogens is 1. The Bertz CT molecular complexity index is 811. The normalized spacial score (nSPS) is 10.4. The van der Waals surface area contributed by atoms with E-state index in [0.29, 0.717) is 11.3 Å². The SMILES string of the molecule is COc1ccc(Br)cc1Cn1cc([N+](=O)[O-])c(=O)[nH]c1=O. The first kappa shape index (κ1) is 15.0. The Labute approximate surface area is 126 Å². The van der Waals surface area contributed by atoms with Crippen LogP contribution >= 0.6 is 15.9 Å². The van der Waals surface area contributed by atoms with Crippen LogP contribution in [0.5, 0.6) is 5.75 Å². The highest BCUT2D eigenvalue weighted by Gasteiger charge is 2.16. The van der Waals surface area contributed by atoms with Crippen molar-refractivity contribution in [1.29, 1.82) is 0 Å². The molecule has 21 heavy (non-hydrogen) atoms. The van der Waals surface area contributed by atoms with E-state index >= 15 is 0 Å². The molecule has 1 aromatic heterocycles. The van der Waals surface area contributed by atoms with Crippen LogP contribution in [0.4, 0.5) is 5.69 Å². The van der Waals surface area contributed by atoms with Gasteiger partial charge >= 0.3 is 16.9 Å². The van der Waals surface area contributed by atoms with Gasteiger partial charge < -0.3 is 4.74 Å². The summed E-state index contributed by atoms with van der Waals surface area (Å²) in [6.07, 6.45) is 0.918. The van der Waals surface area contributed by atoms with E-state index in [0.717, 1.165) is 15.2 Å². The van der Waals surface area contributed by atoms with Crippen LogP contribution in [-0.2, 0) is 6.54 Å². The molecular formula is C12H10BrN3O5. The van der Waals surface area contributed by atoms with Crippen molar-refractivity contribution in [2.75, 3.05) is 7.11 Å². The van der Waals surface area contributed by atoms with Gasteiger partial charge in [-0.2, -0.15) is 0 Å². The molecule has 0 radical (unpaired) electrons. The van der Waals surface area contributed by atoms with Crippen molar-refractivity contribution < 1.29 is 9.66 Å². The Morgan fingerprint density at radius 2 is 2.14 bits per heavy atom. The number of benzene rings is 1. The van der Waals surface area contributed by atoms with Gasteiger partial charge in [-0.15, -0.1) is 0 Å². The van der Waals surface area contributed by atoms with E-state index in [2.05, 4.69) is 15.9 Å². The van der Waals surface area contributed by atoms with Crippen molar-refractivity contribution >= 4 is 21.6 Å². The highest BCUT2D eigenvalue weighted by atomic mass is 79.9. The molecule has 2 aromatic rings. The lowest BCUT2D eigenvalue weighted by Gasteiger charge is -2.10. The van der Waals surface area contributed by atoms with Crippen LogP contribution in [-0.4, -0.2) is 21.6 Å². The predicted molar refractivity (Wildman–Crippen MR) is 77.8 cm³/mol. The second kappa shape index (κ2) is 5.92. The molecule has 0 aliphatic carbocycles. The van der Waals surface area contributed by atoms with Crippen molar-refractivity contribution in [2.24, 2.45) is 0 Å². The zero-order chi connectivity index (χ0) is 15.6. The second-order valence-electron chi connectivity index (χ2n) is 4.11. The summed E-state index contributed by atoms with van der Waals surface area (Å²) in [6.45, 7) is 0.0269. The largest absolute Gasteiger partial charge is 0.496 e. The molecular weight excluding hydrogens is 346 g/mol. The first-order valence-corrected chi connectivity index (χ1v) is 6.52. The summed E-state index contributed by atoms with van der Waals surface area (Å²) in [5, 5.41) is 10.8. The number of nitro groups is 1. The fraction of sp³-hybridized carbons (Fsp3) is 0.167. The molecule has 110 valence electrons. The zero-order valence-electron chi connectivity index (χ0n) is 10.8. The summed E-state index contributed by atoms with van der Waals surface area (Å²) < 4.78 is 6.99. The minimum absolute atomic E-state index is 0.0269. The average Bonchev–Trinajstić information content (AvgIpc) is 2.41. The Kier molecular flexibility index (Phi) is 4.22. The molecule has 0 saturated heterocycles. The summed E-state index contributed by atoms with van der Waals surface area (Å²) in [5.74, 6) is 0.527. The number of ether oxygens (including phenoxy) is 1. The Morgan fingerprint density at radius 1 is 1.43 bits per heavy atom. The van der Waals surface area contributed by atoms with E-state index in [1.165, 1.54) is 7.11 Å². The van der Waals surface area contributed by atoms with Crippen molar-refractivity contribution in [2.45, 2.75) is 6.54 Å². The molecule has 1 heterocycles. The summed E-state index contributed by atoms with van der Waals surface area (Å²) in [7, 11) is 1.48. The lowest BCUT2D eigenvalue weighted by Crippen LogP contribution is -2.31. The van der Waals surface area contributed by atoms with Crippen molar-refractivity contribution in [1.82, 2.24) is 9.55 Å². The van der Waals surface area contributed by atoms with Gasteiger partial charge in [-0.05, 0) is 18.2 Å². The van der Waals surface area contributed by atoms with Gasteiger partial charge in [0.05, 0.1) is 24.8 Å². The molecule has 0 unspecified atom stereocenters. The fourth-order valence-electron chi connectivity index (χ4n) is 1.80. The average molecular weight is 356 g/mol. The fourth-order valence-corrected chi connectivity index (χ4v) is 2.21. The van der Waals surface area contributed by atoms with Gasteiger partial charge in [-0.1, -0.05) is 15.9 Å². The molecule has 0 saturated carbocycles. The van der Waals surface area contributed by atoms with E-state index in [9.17, 15) is 19.7 Å². The van der Waals surface area contributed by atoms with Crippen molar-refractivity contribution in [3.8, 4) is 5.75 Å². The Hall–Kier alpha value is -2.42. The predicted octanol–water partition coefficient (Wildman–Crippen LogP) is 1.26. The molecule has 0 fully saturated rings. The highest BCUT2D eigenvalue weighted by molar-refractivity contribution is 9.10. The monoisotopic (exact) mass is 355 g/mol. The van der Waals surface area contributed by atoms with Crippen LogP contribution in [0.3, 0.4) is 0 Å². The highest BCUT2D eigenvalue weighted by Crippen LogP contribution is 2.23. The smallest absolute Gasteiger partial charge is 0.350 e. The van der Waals surface area contributed by atoms with Gasteiger partial charge in [-0.3, -0.25) is 24.5 Å². The first-order chi connectivity index (χ1) is 9.92. The van der Waals surface area contributed by atoms with E-state index < -0.39 is 21.9 Å². The number of H-pyrrole nitrogens is 1. The summed E-state index contributed by atoms with van der Waals surface area (Å²) in [5.41, 5.74) is -1.81. The number of methoxy groups -OCH3 is 1. The second-order valence-corrected chi connectivity index (χ2v) is 5.03. The first-order valence-electron chi connectivity index (χ1n) is 5.73. The lowest BCUT2D eigenvalue weighted by molar-refractivity contribution is -0.386. The van der Waals surface area contributed by atoms with E-state index in [1.54, 1.807) is 18.2 Å². The van der Waals surface area contributed by atoms with Crippen LogP contribution in [0.2, 0.25) is 0 Å². The number of nitrogens with one attached hydrogen (secondary N) is 1. The number of aromatic amines is 1. The third-order valence-corrected chi connectivity index (χ3v) is 3.27. The Balaban J connectivity index is 2.52. The number of aromatic nitrogens is 2. The van der Waals surface area contributed by atoms with Crippen molar-refractivity contribution in [3.05, 3.63) is 65.4 Å². The van der Waals surface area contributed by atoms with Gasteiger partial charge in [0.2, 0.25) is 0 Å². The van der Waals surface area contributed by atoms with Crippen LogP contribution in [0.25, 0.3) is 0 Å². The number of hydrogen-bond donors (Lipinski definition) is 1. The third-order valence-electron chi connectivity index (χ3n) is 2.77. The molecule has 0 aliphatic rings. The number of hydrogen-bond acceptors (Lipinski definition) is 5. The maximum absolute atomic E-state index is 11.7. The van der Waals surface area contributed by atoms with Crippen LogP contribution in [0.15, 0.2) is 38.5 Å². The number of nitrogens with zero attached hydrogens (tertiary/aromatic N) is 2. The van der Waals surface area contributed by atoms with Crippen molar-refractivity contribution in [3.63, 3.8) is 0 Å². The van der Waals surface area contributed by atoms with Gasteiger partial charge in [-0.25, -0.2) is 4.79 Å². The maximum Gasteiger partial charge on any atom is 0.350 e. The van der Waals surface area contributed by atoms with Gasteiger partial charge in [0.25, 0.3) is 0 Å². The van der Waals surface area contributed by atoms with Gasteiger partial charge in [0.1, 0.15) is 5.75 Å². The maximum atomic E-state index is 11.7. The van der Waals surface area contributed by atoms with E-state index in [1.807, 2.05) is 4.98 Å². The topological polar surface area (TPSA) is 107 Å². The standard InChI is InChI=1S/C12H10BrN3O5/c1-21-10-3-2-8(13)4-7(10)5-15-6-9(16(19)20)11(17)14-12(15)18/h2-4,6H,5H2,1H3,(H,14,17,18). The molecule has 0 bridgehead atoms. The summed E-state index contributed by atoms with van der Waals surface area (Å²) in [6, 6.07) is 5.19. The molecule has 9 heteroatoms. The van der Waals surface area contributed by atoms with E-state index in [4.69, 9.17) is 4.74 Å². The van der Waals surface area contributed by atoms with E-state index in [-0.39, 0.29) is 6.54 Å². The molecule has 0 atom stereocenters. The number of rotatable bonds is 4. The lowest BCUT2D eigenvalue weighted by atomic mass is 10.2. The minimum Gasteiger partial charge on any atom is -0.496 e. The third kappa shape index (κ3) is 3.19.